The molecular weight excluding hydrogens is 240 g/mol. The van der Waals surface area contributed by atoms with Crippen molar-refractivity contribution in [1.82, 2.24) is 5.43 Å². The lowest BCUT2D eigenvalue weighted by atomic mass is 10.1. The molecule has 0 aliphatic heterocycles. The van der Waals surface area contributed by atoms with Gasteiger partial charge in [0.1, 0.15) is 11.3 Å². The van der Waals surface area contributed by atoms with Gasteiger partial charge in [-0.3, -0.25) is 5.84 Å². The molecule has 3 N–H and O–H groups in total. The molecule has 0 saturated heterocycles. The number of hydrogen-bond donors (Lipinski definition) is 2. The summed E-state index contributed by atoms with van der Waals surface area (Å²) in [6, 6.07) is 8.27. The minimum atomic E-state index is 0.0353. The highest BCUT2D eigenvalue weighted by molar-refractivity contribution is 5.78. The molecular formula is C15H22N2O2. The lowest BCUT2D eigenvalue weighted by Gasteiger charge is -2.12. The van der Waals surface area contributed by atoms with Gasteiger partial charge in [0.05, 0.1) is 6.04 Å². The molecule has 0 radical (unpaired) electrons. The summed E-state index contributed by atoms with van der Waals surface area (Å²) in [5.74, 6) is 6.51. The van der Waals surface area contributed by atoms with Crippen LogP contribution >= 0.6 is 0 Å². The maximum Gasteiger partial charge on any atom is 0.134 e. The van der Waals surface area contributed by atoms with Gasteiger partial charge in [-0.05, 0) is 44.9 Å². The minimum absolute atomic E-state index is 0.0353. The zero-order valence-electron chi connectivity index (χ0n) is 11.6. The number of ether oxygens (including phenoxy) is 1. The summed E-state index contributed by atoms with van der Waals surface area (Å²) < 4.78 is 11.2. The Morgan fingerprint density at radius 3 is 2.95 bits per heavy atom. The van der Waals surface area contributed by atoms with Crippen LogP contribution in [-0.2, 0) is 4.74 Å². The molecule has 0 saturated carbocycles. The fourth-order valence-electron chi connectivity index (χ4n) is 2.20. The van der Waals surface area contributed by atoms with Gasteiger partial charge in [0.15, 0.2) is 0 Å². The van der Waals surface area contributed by atoms with Crippen molar-refractivity contribution in [3.63, 3.8) is 0 Å². The Bertz CT molecular complexity index is 522. The number of hydrogen-bond acceptors (Lipinski definition) is 4. The van der Waals surface area contributed by atoms with Crippen LogP contribution in [0, 0.1) is 6.92 Å². The Balaban J connectivity index is 2.07. The van der Waals surface area contributed by atoms with Crippen molar-refractivity contribution >= 4 is 11.0 Å². The number of nitrogens with one attached hydrogen (secondary N) is 1. The van der Waals surface area contributed by atoms with Crippen LogP contribution in [0.5, 0.6) is 0 Å². The molecule has 104 valence electrons. The van der Waals surface area contributed by atoms with Gasteiger partial charge >= 0.3 is 0 Å². The fraction of sp³-hybridized carbons (Fsp3) is 0.467. The Kier molecular flexibility index (Phi) is 4.96. The second-order valence-corrected chi connectivity index (χ2v) is 4.75. The smallest absolute Gasteiger partial charge is 0.134 e. The van der Waals surface area contributed by atoms with Crippen molar-refractivity contribution in [2.24, 2.45) is 5.84 Å². The molecule has 0 spiro atoms. The maximum absolute atomic E-state index is 5.85. The number of furan rings is 1. The first kappa shape index (κ1) is 14.1. The molecule has 2 rings (SSSR count). The van der Waals surface area contributed by atoms with Crippen LogP contribution < -0.4 is 11.3 Å². The Labute approximate surface area is 113 Å². The molecule has 1 aromatic carbocycles. The van der Waals surface area contributed by atoms with Crippen LogP contribution in [-0.4, -0.2) is 13.2 Å². The molecule has 0 aliphatic rings. The van der Waals surface area contributed by atoms with E-state index in [2.05, 4.69) is 30.5 Å². The number of hydrazine groups is 1. The average Bonchev–Trinajstić information content (AvgIpc) is 2.81. The van der Waals surface area contributed by atoms with Crippen molar-refractivity contribution in [1.29, 1.82) is 0 Å². The molecule has 0 aliphatic carbocycles. The van der Waals surface area contributed by atoms with E-state index in [-0.39, 0.29) is 6.04 Å². The van der Waals surface area contributed by atoms with Crippen molar-refractivity contribution < 1.29 is 9.15 Å². The molecule has 0 fully saturated rings. The van der Waals surface area contributed by atoms with E-state index < -0.39 is 0 Å². The Morgan fingerprint density at radius 2 is 2.21 bits per heavy atom. The second kappa shape index (κ2) is 6.70. The summed E-state index contributed by atoms with van der Waals surface area (Å²) in [7, 11) is 0. The van der Waals surface area contributed by atoms with E-state index in [4.69, 9.17) is 15.0 Å². The van der Waals surface area contributed by atoms with Crippen LogP contribution in [0.25, 0.3) is 11.0 Å². The van der Waals surface area contributed by atoms with Crippen LogP contribution in [0.2, 0.25) is 0 Å². The minimum Gasteiger partial charge on any atom is -0.459 e. The van der Waals surface area contributed by atoms with Crippen molar-refractivity contribution in [2.45, 2.75) is 32.7 Å². The topological polar surface area (TPSA) is 60.4 Å². The van der Waals surface area contributed by atoms with Gasteiger partial charge in [-0.2, -0.15) is 0 Å². The zero-order valence-corrected chi connectivity index (χ0v) is 11.6. The summed E-state index contributed by atoms with van der Waals surface area (Å²) in [4.78, 5) is 0. The van der Waals surface area contributed by atoms with Crippen LogP contribution in [0.15, 0.2) is 28.7 Å². The molecule has 19 heavy (non-hydrogen) atoms. The zero-order chi connectivity index (χ0) is 13.7. The summed E-state index contributed by atoms with van der Waals surface area (Å²) >= 11 is 0. The largest absolute Gasteiger partial charge is 0.459 e. The fourth-order valence-corrected chi connectivity index (χ4v) is 2.20. The molecule has 1 aromatic heterocycles. The number of nitrogens with two attached hydrogens (primary N) is 1. The molecule has 0 amide bonds. The molecule has 1 unspecified atom stereocenters. The van der Waals surface area contributed by atoms with Crippen LogP contribution in [0.3, 0.4) is 0 Å². The van der Waals surface area contributed by atoms with E-state index in [1.54, 1.807) is 0 Å². The highest BCUT2D eigenvalue weighted by Gasteiger charge is 2.14. The third-order valence-corrected chi connectivity index (χ3v) is 3.22. The summed E-state index contributed by atoms with van der Waals surface area (Å²) in [6.45, 7) is 5.59. The second-order valence-electron chi connectivity index (χ2n) is 4.75. The van der Waals surface area contributed by atoms with Crippen LogP contribution in [0.4, 0.5) is 0 Å². The van der Waals surface area contributed by atoms with E-state index in [9.17, 15) is 0 Å². The molecule has 0 bridgehead atoms. The summed E-state index contributed by atoms with van der Waals surface area (Å²) in [5, 5.41) is 1.13. The van der Waals surface area contributed by atoms with Gasteiger partial charge in [0.2, 0.25) is 0 Å². The molecule has 1 heterocycles. The number of fused-ring (bicyclic) bond motifs is 1. The molecule has 4 nitrogen and oxygen atoms in total. The van der Waals surface area contributed by atoms with Crippen molar-refractivity contribution in [3.8, 4) is 0 Å². The van der Waals surface area contributed by atoms with Gasteiger partial charge < -0.3 is 9.15 Å². The average molecular weight is 262 g/mol. The number of benzene rings is 1. The molecule has 1 atom stereocenters. The first-order chi connectivity index (χ1) is 9.24. The van der Waals surface area contributed by atoms with Gasteiger partial charge in [-0.15, -0.1) is 0 Å². The highest BCUT2D eigenvalue weighted by atomic mass is 16.5. The Morgan fingerprint density at radius 1 is 1.37 bits per heavy atom. The third-order valence-electron chi connectivity index (χ3n) is 3.22. The normalized spacial score (nSPS) is 13.0. The van der Waals surface area contributed by atoms with E-state index in [0.29, 0.717) is 0 Å². The van der Waals surface area contributed by atoms with Crippen molar-refractivity contribution in [2.75, 3.05) is 13.2 Å². The lowest BCUT2D eigenvalue weighted by molar-refractivity contribution is 0.140. The quantitative estimate of drug-likeness (QED) is 0.457. The molecule has 4 heteroatoms. The predicted molar refractivity (Wildman–Crippen MR) is 76.7 cm³/mol. The predicted octanol–water partition coefficient (Wildman–Crippen LogP) is 3.06. The van der Waals surface area contributed by atoms with E-state index in [0.717, 1.165) is 42.8 Å². The van der Waals surface area contributed by atoms with Gasteiger partial charge in [0, 0.05) is 18.6 Å². The van der Waals surface area contributed by atoms with Crippen molar-refractivity contribution in [3.05, 3.63) is 35.6 Å². The number of aryl methyl sites for hydroxylation is 1. The Hall–Kier alpha value is -1.36. The van der Waals surface area contributed by atoms with Gasteiger partial charge in [-0.25, -0.2) is 5.43 Å². The monoisotopic (exact) mass is 262 g/mol. The maximum atomic E-state index is 5.85. The third kappa shape index (κ3) is 3.56. The van der Waals surface area contributed by atoms with E-state index in [1.165, 1.54) is 5.56 Å². The van der Waals surface area contributed by atoms with E-state index in [1.807, 2.05) is 13.0 Å². The van der Waals surface area contributed by atoms with E-state index >= 15 is 0 Å². The SMILES string of the molecule is CCOCCCC(NN)c1cc2cc(C)ccc2o1. The van der Waals surface area contributed by atoms with Crippen LogP contribution in [0.1, 0.15) is 37.1 Å². The highest BCUT2D eigenvalue weighted by Crippen LogP contribution is 2.26. The summed E-state index contributed by atoms with van der Waals surface area (Å²) in [5.41, 5.74) is 4.96. The number of rotatable bonds is 7. The first-order valence-corrected chi connectivity index (χ1v) is 6.78. The summed E-state index contributed by atoms with van der Waals surface area (Å²) in [6.07, 6.45) is 1.86. The lowest BCUT2D eigenvalue weighted by Crippen LogP contribution is -2.27. The van der Waals surface area contributed by atoms with Gasteiger partial charge in [0.25, 0.3) is 0 Å². The molecule has 2 aromatic rings. The van der Waals surface area contributed by atoms with Gasteiger partial charge in [-0.1, -0.05) is 11.6 Å². The first-order valence-electron chi connectivity index (χ1n) is 6.78. The standard InChI is InChI=1S/C15H22N2O2/c1-3-18-8-4-5-13(17-16)15-10-12-9-11(2)6-7-14(12)19-15/h6-7,9-10,13,17H,3-5,8,16H2,1-2H3.